The highest BCUT2D eigenvalue weighted by molar-refractivity contribution is 7.89. The summed E-state index contributed by atoms with van der Waals surface area (Å²) in [6.07, 6.45) is 3.04. The van der Waals surface area contributed by atoms with Gasteiger partial charge in [-0.25, -0.2) is 13.4 Å². The van der Waals surface area contributed by atoms with E-state index in [0.29, 0.717) is 24.4 Å². The SMILES string of the molecule is N#Cc1ccc(Oc2ccc(S(=O)(=O)N3CCCC3)cn2)c(Cl)c1. The van der Waals surface area contributed by atoms with Crippen molar-refractivity contribution in [3.05, 3.63) is 47.1 Å². The zero-order valence-electron chi connectivity index (χ0n) is 12.6. The molecular weight excluding hydrogens is 350 g/mol. The molecule has 0 amide bonds. The fourth-order valence-electron chi connectivity index (χ4n) is 2.42. The number of hydrogen-bond donors (Lipinski definition) is 0. The Morgan fingerprint density at radius 3 is 2.54 bits per heavy atom. The average Bonchev–Trinajstić information content (AvgIpc) is 3.12. The van der Waals surface area contributed by atoms with Gasteiger partial charge in [-0.1, -0.05) is 11.6 Å². The third-order valence-electron chi connectivity index (χ3n) is 3.69. The number of sulfonamides is 1. The van der Waals surface area contributed by atoms with Crippen molar-refractivity contribution in [1.29, 1.82) is 5.26 Å². The molecule has 124 valence electrons. The quantitative estimate of drug-likeness (QED) is 0.833. The number of hydrogen-bond acceptors (Lipinski definition) is 5. The highest BCUT2D eigenvalue weighted by Gasteiger charge is 2.27. The maximum absolute atomic E-state index is 12.4. The predicted octanol–water partition coefficient (Wildman–Crippen LogP) is 3.18. The molecule has 0 atom stereocenters. The normalized spacial score (nSPS) is 15.2. The van der Waals surface area contributed by atoms with E-state index in [2.05, 4.69) is 4.98 Å². The van der Waals surface area contributed by atoms with Gasteiger partial charge >= 0.3 is 0 Å². The van der Waals surface area contributed by atoms with E-state index in [1.165, 1.54) is 28.7 Å². The van der Waals surface area contributed by atoms with Crippen LogP contribution < -0.4 is 4.74 Å². The Hall–Kier alpha value is -2.14. The first-order chi connectivity index (χ1) is 11.5. The molecule has 1 aliphatic heterocycles. The minimum absolute atomic E-state index is 0.141. The lowest BCUT2D eigenvalue weighted by atomic mass is 10.2. The zero-order valence-corrected chi connectivity index (χ0v) is 14.2. The van der Waals surface area contributed by atoms with Gasteiger partial charge in [0, 0.05) is 19.2 Å². The summed E-state index contributed by atoms with van der Waals surface area (Å²) in [5, 5.41) is 9.10. The fourth-order valence-corrected chi connectivity index (χ4v) is 4.11. The molecule has 0 radical (unpaired) electrons. The third kappa shape index (κ3) is 3.36. The Kier molecular flexibility index (Phi) is 4.71. The van der Waals surface area contributed by atoms with E-state index in [1.807, 2.05) is 6.07 Å². The lowest BCUT2D eigenvalue weighted by Crippen LogP contribution is -2.27. The molecule has 0 aliphatic carbocycles. The molecule has 1 saturated heterocycles. The van der Waals surface area contributed by atoms with Crippen molar-refractivity contribution in [2.24, 2.45) is 0 Å². The van der Waals surface area contributed by atoms with E-state index >= 15 is 0 Å². The van der Waals surface area contributed by atoms with Gasteiger partial charge in [-0.05, 0) is 37.1 Å². The summed E-state index contributed by atoms with van der Waals surface area (Å²) in [4.78, 5) is 4.19. The van der Waals surface area contributed by atoms with Crippen molar-refractivity contribution in [3.63, 3.8) is 0 Å². The number of rotatable bonds is 4. The molecule has 1 aromatic heterocycles. The first kappa shape index (κ1) is 16.7. The smallest absolute Gasteiger partial charge is 0.244 e. The zero-order chi connectivity index (χ0) is 17.2. The van der Waals surface area contributed by atoms with Crippen LogP contribution in [0.4, 0.5) is 0 Å². The summed E-state index contributed by atoms with van der Waals surface area (Å²) >= 11 is 6.04. The van der Waals surface area contributed by atoms with Gasteiger partial charge in [0.2, 0.25) is 15.9 Å². The van der Waals surface area contributed by atoms with E-state index in [0.717, 1.165) is 12.8 Å². The summed E-state index contributed by atoms with van der Waals surface area (Å²) in [5.41, 5.74) is 0.423. The van der Waals surface area contributed by atoms with E-state index in [1.54, 1.807) is 12.1 Å². The number of nitriles is 1. The molecule has 0 bridgehead atoms. The predicted molar refractivity (Wildman–Crippen MR) is 88.5 cm³/mol. The topological polar surface area (TPSA) is 83.3 Å². The van der Waals surface area contributed by atoms with E-state index in [9.17, 15) is 8.42 Å². The number of ether oxygens (including phenoxy) is 1. The third-order valence-corrected chi connectivity index (χ3v) is 5.87. The number of aromatic nitrogens is 1. The molecule has 0 N–H and O–H groups in total. The standard InChI is InChI=1S/C16H14ClN3O3S/c17-14-9-12(10-18)3-5-15(14)23-16-6-4-13(11-19-16)24(21,22)20-7-1-2-8-20/h3-6,9,11H,1-2,7-8H2. The second-order valence-electron chi connectivity index (χ2n) is 5.30. The van der Waals surface area contributed by atoms with E-state index < -0.39 is 10.0 Å². The Morgan fingerprint density at radius 2 is 1.96 bits per heavy atom. The van der Waals surface area contributed by atoms with Crippen LogP contribution in [0.1, 0.15) is 18.4 Å². The second-order valence-corrected chi connectivity index (χ2v) is 7.65. The molecule has 0 spiro atoms. The average molecular weight is 364 g/mol. The van der Waals surface area contributed by atoms with Crippen molar-refractivity contribution in [2.45, 2.75) is 17.7 Å². The van der Waals surface area contributed by atoms with Gasteiger partial charge in [0.15, 0.2) is 0 Å². The van der Waals surface area contributed by atoms with Crippen LogP contribution in [0.25, 0.3) is 0 Å². The summed E-state index contributed by atoms with van der Waals surface area (Å²) in [6.45, 7) is 1.09. The van der Waals surface area contributed by atoms with Gasteiger partial charge in [0.1, 0.15) is 10.6 Å². The van der Waals surface area contributed by atoms with Crippen LogP contribution in [-0.2, 0) is 10.0 Å². The van der Waals surface area contributed by atoms with Crippen LogP contribution in [0.3, 0.4) is 0 Å². The van der Waals surface area contributed by atoms with Crippen LogP contribution >= 0.6 is 11.6 Å². The second kappa shape index (κ2) is 6.77. The monoisotopic (exact) mass is 363 g/mol. The first-order valence-electron chi connectivity index (χ1n) is 7.34. The number of pyridine rings is 1. The molecule has 1 aromatic carbocycles. The van der Waals surface area contributed by atoms with Gasteiger partial charge < -0.3 is 4.74 Å². The Morgan fingerprint density at radius 1 is 1.21 bits per heavy atom. The molecule has 8 heteroatoms. The highest BCUT2D eigenvalue weighted by atomic mass is 35.5. The lowest BCUT2D eigenvalue weighted by molar-refractivity contribution is 0.460. The van der Waals surface area contributed by atoms with Crippen molar-refractivity contribution >= 4 is 21.6 Å². The summed E-state index contributed by atoms with van der Waals surface area (Å²) in [6, 6.07) is 9.56. The number of nitrogens with zero attached hydrogens (tertiary/aromatic N) is 3. The molecule has 0 unspecified atom stereocenters. The van der Waals surface area contributed by atoms with Crippen LogP contribution in [0.2, 0.25) is 5.02 Å². The molecule has 6 nitrogen and oxygen atoms in total. The minimum atomic E-state index is -3.49. The molecule has 1 aliphatic rings. The minimum Gasteiger partial charge on any atom is -0.437 e. The van der Waals surface area contributed by atoms with Crippen molar-refractivity contribution < 1.29 is 13.2 Å². The maximum Gasteiger partial charge on any atom is 0.244 e. The van der Waals surface area contributed by atoms with Gasteiger partial charge in [-0.15, -0.1) is 0 Å². The van der Waals surface area contributed by atoms with Crippen LogP contribution in [-0.4, -0.2) is 30.8 Å². The van der Waals surface area contributed by atoms with E-state index in [-0.39, 0.29) is 15.8 Å². The Labute approximate surface area is 145 Å². The molecule has 3 rings (SSSR count). The van der Waals surface area contributed by atoms with Crippen molar-refractivity contribution in [2.75, 3.05) is 13.1 Å². The maximum atomic E-state index is 12.4. The largest absolute Gasteiger partial charge is 0.437 e. The summed E-state index contributed by atoms with van der Waals surface area (Å²) in [7, 11) is -3.49. The molecule has 0 saturated carbocycles. The molecule has 24 heavy (non-hydrogen) atoms. The molecular formula is C16H14ClN3O3S. The van der Waals surface area contributed by atoms with Gasteiger partial charge in [-0.3, -0.25) is 0 Å². The lowest BCUT2D eigenvalue weighted by Gasteiger charge is -2.15. The Bertz CT molecular complexity index is 886. The molecule has 1 fully saturated rings. The van der Waals surface area contributed by atoms with Crippen LogP contribution in [0.15, 0.2) is 41.4 Å². The Balaban J connectivity index is 1.79. The van der Waals surface area contributed by atoms with Crippen LogP contribution in [0.5, 0.6) is 11.6 Å². The number of halogens is 1. The van der Waals surface area contributed by atoms with Crippen molar-refractivity contribution in [1.82, 2.24) is 9.29 Å². The van der Waals surface area contributed by atoms with Gasteiger partial charge in [0.05, 0.1) is 22.9 Å². The summed E-state index contributed by atoms with van der Waals surface area (Å²) < 4.78 is 31.8. The molecule has 2 aromatic rings. The van der Waals surface area contributed by atoms with E-state index in [4.69, 9.17) is 21.6 Å². The summed E-state index contributed by atoms with van der Waals surface area (Å²) in [5.74, 6) is 0.570. The van der Waals surface area contributed by atoms with Crippen LogP contribution in [0, 0.1) is 11.3 Å². The number of benzene rings is 1. The first-order valence-corrected chi connectivity index (χ1v) is 9.16. The van der Waals surface area contributed by atoms with Crippen molar-refractivity contribution in [3.8, 4) is 17.7 Å². The fraction of sp³-hybridized carbons (Fsp3) is 0.250. The van der Waals surface area contributed by atoms with Gasteiger partial charge in [0.25, 0.3) is 0 Å². The highest BCUT2D eigenvalue weighted by Crippen LogP contribution is 2.30. The molecule has 2 heterocycles. The van der Waals surface area contributed by atoms with Gasteiger partial charge in [-0.2, -0.15) is 9.57 Å².